The molecule has 0 radical (unpaired) electrons. The van der Waals surface area contributed by atoms with Gasteiger partial charge in [-0.15, -0.1) is 0 Å². The van der Waals surface area contributed by atoms with Crippen LogP contribution in [0.25, 0.3) is 0 Å². The van der Waals surface area contributed by atoms with Crippen molar-refractivity contribution in [3.05, 3.63) is 28.5 Å². The molecule has 0 aromatic carbocycles. The van der Waals surface area contributed by atoms with E-state index >= 15 is 0 Å². The quantitative estimate of drug-likeness (QED) is 0.865. The fourth-order valence-electron chi connectivity index (χ4n) is 2.33. The van der Waals surface area contributed by atoms with Gasteiger partial charge in [0.1, 0.15) is 4.60 Å². The number of hydrogen-bond donors (Lipinski definition) is 1. The number of rotatable bonds is 4. The third kappa shape index (κ3) is 4.37. The van der Waals surface area contributed by atoms with Crippen LogP contribution in [0.5, 0.6) is 0 Å². The summed E-state index contributed by atoms with van der Waals surface area (Å²) in [6.07, 6.45) is 5.94. The number of pyridine rings is 1. The van der Waals surface area contributed by atoms with Crippen LogP contribution in [0.2, 0.25) is 0 Å². The molecule has 17 heavy (non-hydrogen) atoms. The Morgan fingerprint density at radius 1 is 1.47 bits per heavy atom. The maximum atomic E-state index is 4.25. The predicted octanol–water partition coefficient (Wildman–Crippen LogP) is 2.42. The first-order valence-corrected chi connectivity index (χ1v) is 7.06. The van der Waals surface area contributed by atoms with Gasteiger partial charge in [0.2, 0.25) is 0 Å². The number of nitrogens with one attached hydrogen (secondary N) is 1. The zero-order valence-corrected chi connectivity index (χ0v) is 11.9. The van der Waals surface area contributed by atoms with Crippen LogP contribution in [0.4, 0.5) is 0 Å². The van der Waals surface area contributed by atoms with Crippen LogP contribution in [0.3, 0.4) is 0 Å². The lowest BCUT2D eigenvalue weighted by atomic mass is 10.0. The lowest BCUT2D eigenvalue weighted by Crippen LogP contribution is -2.42. The number of likely N-dealkylation sites (N-methyl/N-ethyl adjacent to an activating group) is 1. The highest BCUT2D eigenvalue weighted by atomic mass is 79.9. The van der Waals surface area contributed by atoms with Gasteiger partial charge in [-0.05, 0) is 54.0 Å². The second kappa shape index (κ2) is 6.47. The molecule has 1 aliphatic heterocycles. The second-order valence-electron chi connectivity index (χ2n) is 4.83. The molecule has 3 nitrogen and oxygen atoms in total. The van der Waals surface area contributed by atoms with Gasteiger partial charge < -0.3 is 10.2 Å². The molecular formula is C13H20BrN3. The van der Waals surface area contributed by atoms with Gasteiger partial charge in [-0.1, -0.05) is 12.5 Å². The summed E-state index contributed by atoms with van der Waals surface area (Å²) in [6.45, 7) is 3.27. The van der Waals surface area contributed by atoms with Crippen molar-refractivity contribution in [3.8, 4) is 0 Å². The van der Waals surface area contributed by atoms with E-state index in [1.807, 2.05) is 12.3 Å². The zero-order valence-electron chi connectivity index (χ0n) is 10.3. The van der Waals surface area contributed by atoms with E-state index in [0.717, 1.165) is 17.7 Å². The second-order valence-corrected chi connectivity index (χ2v) is 5.65. The van der Waals surface area contributed by atoms with Crippen LogP contribution in [0.15, 0.2) is 22.9 Å². The third-order valence-electron chi connectivity index (χ3n) is 3.19. The Kier molecular flexibility index (Phi) is 4.95. The van der Waals surface area contributed by atoms with Crippen LogP contribution in [-0.4, -0.2) is 36.1 Å². The van der Waals surface area contributed by atoms with E-state index in [-0.39, 0.29) is 0 Å². The molecule has 1 atom stereocenters. The van der Waals surface area contributed by atoms with Crippen molar-refractivity contribution in [2.45, 2.75) is 31.8 Å². The highest BCUT2D eigenvalue weighted by Crippen LogP contribution is 2.11. The van der Waals surface area contributed by atoms with Crippen molar-refractivity contribution < 1.29 is 0 Å². The van der Waals surface area contributed by atoms with Crippen molar-refractivity contribution in [2.24, 2.45) is 0 Å². The first-order valence-electron chi connectivity index (χ1n) is 6.26. The molecule has 4 heteroatoms. The molecule has 0 saturated carbocycles. The summed E-state index contributed by atoms with van der Waals surface area (Å²) in [5.74, 6) is 0. The molecule has 94 valence electrons. The van der Waals surface area contributed by atoms with E-state index in [1.54, 1.807) is 0 Å². The Bertz CT molecular complexity index is 333. The van der Waals surface area contributed by atoms with E-state index in [0.29, 0.717) is 6.04 Å². The van der Waals surface area contributed by atoms with Crippen LogP contribution in [0, 0.1) is 0 Å². The smallest absolute Gasteiger partial charge is 0.106 e. The van der Waals surface area contributed by atoms with E-state index in [4.69, 9.17) is 0 Å². The van der Waals surface area contributed by atoms with Crippen molar-refractivity contribution in [1.82, 2.24) is 15.2 Å². The average molecular weight is 298 g/mol. The number of nitrogens with zero attached hydrogens (tertiary/aromatic N) is 2. The Labute approximate surface area is 112 Å². The van der Waals surface area contributed by atoms with Crippen molar-refractivity contribution >= 4 is 15.9 Å². The third-order valence-corrected chi connectivity index (χ3v) is 3.65. The fraction of sp³-hybridized carbons (Fsp3) is 0.615. The molecule has 0 aliphatic carbocycles. The van der Waals surface area contributed by atoms with E-state index in [9.17, 15) is 0 Å². The normalized spacial score (nSPS) is 20.8. The SMILES string of the molecule is CN(Cc1ccc(Br)nc1)C[C@@H]1CCCCN1. The Hall–Kier alpha value is -0.450. The number of hydrogen-bond acceptors (Lipinski definition) is 3. The Morgan fingerprint density at radius 2 is 2.35 bits per heavy atom. The summed E-state index contributed by atoms with van der Waals surface area (Å²) in [7, 11) is 2.18. The zero-order chi connectivity index (χ0) is 12.1. The Morgan fingerprint density at radius 3 is 3.00 bits per heavy atom. The highest BCUT2D eigenvalue weighted by molar-refractivity contribution is 9.10. The van der Waals surface area contributed by atoms with Gasteiger partial charge in [-0.2, -0.15) is 0 Å². The molecule has 2 heterocycles. The lowest BCUT2D eigenvalue weighted by molar-refractivity contribution is 0.256. The first kappa shape index (κ1) is 13.0. The number of aromatic nitrogens is 1. The highest BCUT2D eigenvalue weighted by Gasteiger charge is 2.14. The topological polar surface area (TPSA) is 28.2 Å². The maximum Gasteiger partial charge on any atom is 0.106 e. The van der Waals surface area contributed by atoms with Gasteiger partial charge in [0.05, 0.1) is 0 Å². The molecule has 0 amide bonds. The number of piperidine rings is 1. The van der Waals surface area contributed by atoms with Gasteiger partial charge in [0.15, 0.2) is 0 Å². The average Bonchev–Trinajstić information content (AvgIpc) is 2.33. The summed E-state index contributed by atoms with van der Waals surface area (Å²) in [5.41, 5.74) is 1.27. The fourth-order valence-corrected chi connectivity index (χ4v) is 2.57. The summed E-state index contributed by atoms with van der Waals surface area (Å²) < 4.78 is 0.901. The van der Waals surface area contributed by atoms with E-state index < -0.39 is 0 Å². The molecular weight excluding hydrogens is 278 g/mol. The van der Waals surface area contributed by atoms with Gasteiger partial charge in [-0.25, -0.2) is 4.98 Å². The molecule has 1 aromatic rings. The largest absolute Gasteiger partial charge is 0.313 e. The number of halogens is 1. The molecule has 1 fully saturated rings. The summed E-state index contributed by atoms with van der Waals surface area (Å²) >= 11 is 3.36. The summed E-state index contributed by atoms with van der Waals surface area (Å²) in [6, 6.07) is 4.79. The lowest BCUT2D eigenvalue weighted by Gasteiger charge is -2.28. The standard InChI is InChI=1S/C13H20BrN3/c1-17(10-12-4-2-3-7-15-12)9-11-5-6-13(14)16-8-11/h5-6,8,12,15H,2-4,7,9-10H2,1H3/t12-/m0/s1. The van der Waals surface area contributed by atoms with E-state index in [1.165, 1.54) is 31.4 Å². The minimum atomic E-state index is 0.664. The first-order chi connectivity index (χ1) is 8.24. The monoisotopic (exact) mass is 297 g/mol. The molecule has 0 unspecified atom stereocenters. The van der Waals surface area contributed by atoms with Crippen LogP contribution < -0.4 is 5.32 Å². The molecule has 0 bridgehead atoms. The minimum Gasteiger partial charge on any atom is -0.313 e. The van der Waals surface area contributed by atoms with Crippen molar-refractivity contribution in [1.29, 1.82) is 0 Å². The summed E-state index contributed by atoms with van der Waals surface area (Å²) in [5, 5.41) is 3.58. The predicted molar refractivity (Wildman–Crippen MR) is 73.9 cm³/mol. The minimum absolute atomic E-state index is 0.664. The Balaban J connectivity index is 1.79. The molecule has 1 N–H and O–H groups in total. The van der Waals surface area contributed by atoms with E-state index in [2.05, 4.69) is 44.2 Å². The molecule has 0 spiro atoms. The molecule has 1 aliphatic rings. The van der Waals surface area contributed by atoms with Crippen molar-refractivity contribution in [3.63, 3.8) is 0 Å². The summed E-state index contributed by atoms with van der Waals surface area (Å²) in [4.78, 5) is 6.62. The van der Waals surface area contributed by atoms with Gasteiger partial charge in [0.25, 0.3) is 0 Å². The van der Waals surface area contributed by atoms with Crippen LogP contribution in [0.1, 0.15) is 24.8 Å². The van der Waals surface area contributed by atoms with Crippen LogP contribution in [-0.2, 0) is 6.54 Å². The molecule has 1 aromatic heterocycles. The van der Waals surface area contributed by atoms with Gasteiger partial charge in [0, 0.05) is 25.3 Å². The maximum absolute atomic E-state index is 4.25. The molecule has 2 rings (SSSR count). The van der Waals surface area contributed by atoms with Gasteiger partial charge in [-0.3, -0.25) is 0 Å². The van der Waals surface area contributed by atoms with Crippen LogP contribution >= 0.6 is 15.9 Å². The van der Waals surface area contributed by atoms with Gasteiger partial charge >= 0.3 is 0 Å². The van der Waals surface area contributed by atoms with Crippen molar-refractivity contribution in [2.75, 3.05) is 20.1 Å². The molecule has 1 saturated heterocycles.